The van der Waals surface area contributed by atoms with Crippen LogP contribution in [0.25, 0.3) is 0 Å². The first-order valence-electron chi connectivity index (χ1n) is 5.31. The molecular weight excluding hydrogens is 271 g/mol. The van der Waals surface area contributed by atoms with Crippen molar-refractivity contribution in [3.63, 3.8) is 0 Å². The number of benzene rings is 1. The van der Waals surface area contributed by atoms with E-state index in [4.69, 9.17) is 21.6 Å². The molecule has 19 heavy (non-hydrogen) atoms. The molecule has 0 aliphatic carbocycles. The molecule has 0 unspecified atom stereocenters. The highest BCUT2D eigenvalue weighted by Gasteiger charge is 2.16. The molecule has 1 aromatic carbocycles. The average Bonchev–Trinajstić information content (AvgIpc) is 2.42. The first-order chi connectivity index (χ1) is 9.13. The molecule has 0 aliphatic rings. The summed E-state index contributed by atoms with van der Waals surface area (Å²) in [7, 11) is 0. The van der Waals surface area contributed by atoms with Gasteiger partial charge < -0.3 is 4.74 Å². The van der Waals surface area contributed by atoms with Crippen LogP contribution in [-0.4, -0.2) is 4.57 Å². The van der Waals surface area contributed by atoms with E-state index in [9.17, 15) is 9.18 Å². The van der Waals surface area contributed by atoms with Gasteiger partial charge in [0.2, 0.25) is 5.82 Å². The van der Waals surface area contributed by atoms with Crippen LogP contribution in [0.4, 0.5) is 4.39 Å². The molecule has 0 bridgehead atoms. The summed E-state index contributed by atoms with van der Waals surface area (Å²) in [6.45, 7) is -0.277. The molecule has 2 aromatic rings. The largest absolute Gasteiger partial charge is 0.452 e. The quantitative estimate of drug-likeness (QED) is 0.867. The van der Waals surface area contributed by atoms with Crippen molar-refractivity contribution in [1.82, 2.24) is 4.57 Å². The molecule has 6 heteroatoms. The maximum Gasteiger partial charge on any atom is 0.291 e. The van der Waals surface area contributed by atoms with Crippen molar-refractivity contribution < 1.29 is 9.13 Å². The number of para-hydroxylation sites is 1. The topological polar surface area (TPSA) is 55.0 Å². The number of nitrogens with zero attached hydrogens (tertiary/aromatic N) is 2. The summed E-state index contributed by atoms with van der Waals surface area (Å²) in [6, 6.07) is 10.1. The van der Waals surface area contributed by atoms with E-state index in [1.165, 1.54) is 6.20 Å². The summed E-state index contributed by atoms with van der Waals surface area (Å²) in [6.07, 6.45) is 1.18. The molecule has 0 N–H and O–H groups in total. The van der Waals surface area contributed by atoms with Crippen LogP contribution in [0.15, 0.2) is 41.3 Å². The first kappa shape index (κ1) is 13.1. The third-order valence-electron chi connectivity index (χ3n) is 2.34. The normalized spacial score (nSPS) is 9.95. The number of halogens is 2. The van der Waals surface area contributed by atoms with E-state index in [0.29, 0.717) is 5.75 Å². The minimum Gasteiger partial charge on any atom is -0.452 e. The zero-order valence-corrected chi connectivity index (χ0v) is 10.4. The Bertz CT molecular complexity index is 692. The summed E-state index contributed by atoms with van der Waals surface area (Å²) in [5, 5.41) is 8.45. The molecule has 1 aromatic heterocycles. The van der Waals surface area contributed by atoms with Crippen molar-refractivity contribution in [2.24, 2.45) is 0 Å². The van der Waals surface area contributed by atoms with Gasteiger partial charge in [-0.05, 0) is 12.1 Å². The Morgan fingerprint density at radius 2 is 2.05 bits per heavy atom. The van der Waals surface area contributed by atoms with Crippen LogP contribution in [0.2, 0.25) is 5.02 Å². The van der Waals surface area contributed by atoms with Crippen LogP contribution in [0.5, 0.6) is 11.5 Å². The van der Waals surface area contributed by atoms with E-state index in [1.54, 1.807) is 36.4 Å². The second-order valence-corrected chi connectivity index (χ2v) is 4.03. The number of nitriles is 1. The third-order valence-corrected chi connectivity index (χ3v) is 2.61. The van der Waals surface area contributed by atoms with Crippen molar-refractivity contribution in [3.8, 4) is 17.6 Å². The van der Waals surface area contributed by atoms with Gasteiger partial charge in [-0.3, -0.25) is 9.36 Å². The van der Waals surface area contributed by atoms with E-state index >= 15 is 0 Å². The molecule has 0 amide bonds. The minimum atomic E-state index is -1.12. The SMILES string of the molecule is N#CCn1cc(Cl)c(Oc2ccccc2)c(F)c1=O. The van der Waals surface area contributed by atoms with E-state index in [1.807, 2.05) is 0 Å². The average molecular weight is 279 g/mol. The minimum absolute atomic E-state index is 0.0730. The highest BCUT2D eigenvalue weighted by atomic mass is 35.5. The lowest BCUT2D eigenvalue weighted by Gasteiger charge is -2.10. The lowest BCUT2D eigenvalue weighted by atomic mass is 10.3. The fraction of sp³-hybridized carbons (Fsp3) is 0.0769. The van der Waals surface area contributed by atoms with Crippen LogP contribution in [0.1, 0.15) is 0 Å². The number of aromatic nitrogens is 1. The Morgan fingerprint density at radius 3 is 2.68 bits per heavy atom. The zero-order chi connectivity index (χ0) is 13.8. The highest BCUT2D eigenvalue weighted by Crippen LogP contribution is 2.29. The first-order valence-corrected chi connectivity index (χ1v) is 5.69. The van der Waals surface area contributed by atoms with Crippen LogP contribution in [-0.2, 0) is 6.54 Å². The molecule has 0 radical (unpaired) electrons. The van der Waals surface area contributed by atoms with E-state index in [-0.39, 0.29) is 17.3 Å². The molecular formula is C13H8ClFN2O2. The number of hydrogen-bond donors (Lipinski definition) is 0. The molecule has 0 atom stereocenters. The van der Waals surface area contributed by atoms with Gasteiger partial charge in [-0.25, -0.2) is 0 Å². The van der Waals surface area contributed by atoms with Crippen molar-refractivity contribution in [3.05, 3.63) is 57.7 Å². The van der Waals surface area contributed by atoms with Gasteiger partial charge in [0.05, 0.1) is 6.07 Å². The fourth-order valence-electron chi connectivity index (χ4n) is 1.48. The second-order valence-electron chi connectivity index (χ2n) is 3.63. The Labute approximate surface area is 113 Å². The predicted molar refractivity (Wildman–Crippen MR) is 67.8 cm³/mol. The van der Waals surface area contributed by atoms with Gasteiger partial charge in [-0.2, -0.15) is 9.65 Å². The number of rotatable bonds is 3. The van der Waals surface area contributed by atoms with E-state index < -0.39 is 11.4 Å². The summed E-state index contributed by atoms with van der Waals surface area (Å²) in [4.78, 5) is 11.6. The lowest BCUT2D eigenvalue weighted by Crippen LogP contribution is -2.23. The maximum atomic E-state index is 13.9. The zero-order valence-electron chi connectivity index (χ0n) is 9.64. The lowest BCUT2D eigenvalue weighted by molar-refractivity contribution is 0.431. The standard InChI is InChI=1S/C13H8ClFN2O2/c14-10-8-17(7-6-16)13(18)11(15)12(10)19-9-4-2-1-3-5-9/h1-5,8H,7H2. The van der Waals surface area contributed by atoms with Gasteiger partial charge >= 0.3 is 0 Å². The van der Waals surface area contributed by atoms with Crippen LogP contribution in [0, 0.1) is 17.1 Å². The summed E-state index contributed by atoms with van der Waals surface area (Å²) in [5.74, 6) is -1.10. The van der Waals surface area contributed by atoms with Gasteiger partial charge in [-0.15, -0.1) is 0 Å². The Balaban J connectivity index is 2.45. The highest BCUT2D eigenvalue weighted by molar-refractivity contribution is 6.31. The van der Waals surface area contributed by atoms with Crippen LogP contribution >= 0.6 is 11.6 Å². The molecule has 0 spiro atoms. The molecule has 0 fully saturated rings. The Kier molecular flexibility index (Phi) is 3.83. The van der Waals surface area contributed by atoms with Crippen molar-refractivity contribution >= 4 is 11.6 Å². The van der Waals surface area contributed by atoms with Crippen molar-refractivity contribution in [2.45, 2.75) is 6.54 Å². The number of ether oxygens (including phenoxy) is 1. The molecule has 0 saturated heterocycles. The van der Waals surface area contributed by atoms with Gasteiger partial charge in [0.15, 0.2) is 5.75 Å². The smallest absolute Gasteiger partial charge is 0.291 e. The summed E-state index contributed by atoms with van der Waals surface area (Å²) in [5.41, 5.74) is -0.947. The van der Waals surface area contributed by atoms with E-state index in [0.717, 1.165) is 4.57 Å². The monoisotopic (exact) mass is 278 g/mol. The van der Waals surface area contributed by atoms with Crippen LogP contribution in [0.3, 0.4) is 0 Å². The molecule has 96 valence electrons. The van der Waals surface area contributed by atoms with Gasteiger partial charge in [0.1, 0.15) is 17.3 Å². The molecule has 2 rings (SSSR count). The summed E-state index contributed by atoms with van der Waals surface area (Å²) >= 11 is 5.86. The Morgan fingerprint density at radius 1 is 1.37 bits per heavy atom. The van der Waals surface area contributed by atoms with Gasteiger partial charge in [0.25, 0.3) is 5.56 Å². The van der Waals surface area contributed by atoms with Crippen LogP contribution < -0.4 is 10.3 Å². The molecule has 1 heterocycles. The fourth-order valence-corrected chi connectivity index (χ4v) is 1.72. The Hall–Kier alpha value is -2.32. The predicted octanol–water partition coefficient (Wildman–Crippen LogP) is 2.96. The maximum absolute atomic E-state index is 13.9. The summed E-state index contributed by atoms with van der Waals surface area (Å²) < 4.78 is 20.0. The number of hydrogen-bond acceptors (Lipinski definition) is 3. The number of pyridine rings is 1. The third kappa shape index (κ3) is 2.75. The molecule has 0 saturated carbocycles. The van der Waals surface area contributed by atoms with E-state index in [2.05, 4.69) is 0 Å². The van der Waals surface area contributed by atoms with Crippen molar-refractivity contribution in [2.75, 3.05) is 0 Å². The van der Waals surface area contributed by atoms with Gasteiger partial charge in [0, 0.05) is 6.20 Å². The molecule has 4 nitrogen and oxygen atoms in total. The van der Waals surface area contributed by atoms with Gasteiger partial charge in [-0.1, -0.05) is 29.8 Å². The van der Waals surface area contributed by atoms with Crippen molar-refractivity contribution in [1.29, 1.82) is 5.26 Å². The second kappa shape index (κ2) is 5.55. The molecule has 0 aliphatic heterocycles.